The van der Waals surface area contributed by atoms with Gasteiger partial charge < -0.3 is 20.1 Å². The first-order valence-corrected chi connectivity index (χ1v) is 19.8. The van der Waals surface area contributed by atoms with E-state index in [-0.39, 0.29) is 23.6 Å². The first-order valence-electron chi connectivity index (χ1n) is 19.8. The summed E-state index contributed by atoms with van der Waals surface area (Å²) in [6, 6.07) is 7.82. The Balaban J connectivity index is 1.36. The molecule has 4 rings (SSSR count). The zero-order chi connectivity index (χ0) is 38.3. The van der Waals surface area contributed by atoms with Crippen molar-refractivity contribution in [3.05, 3.63) is 123 Å². The van der Waals surface area contributed by atoms with E-state index >= 15 is 0 Å². The second kappa shape index (κ2) is 20.7. The summed E-state index contributed by atoms with van der Waals surface area (Å²) in [5, 5.41) is 5.75. The zero-order valence-corrected chi connectivity index (χ0v) is 33.0. The molecule has 1 atom stereocenters. The van der Waals surface area contributed by atoms with Crippen molar-refractivity contribution in [3.8, 4) is 0 Å². The molecule has 0 aromatic heterocycles. The molecular formula is C46H61N2O5+. The second-order valence-corrected chi connectivity index (χ2v) is 14.3. The first-order chi connectivity index (χ1) is 25.6. The number of Topliss-reactive ketones (excluding diaryl/α,β-unsaturated/α-hetero) is 1. The van der Waals surface area contributed by atoms with Crippen molar-refractivity contribution in [2.75, 3.05) is 19.7 Å². The van der Waals surface area contributed by atoms with E-state index in [9.17, 15) is 14.4 Å². The number of hydrogen-bond acceptors (Lipinski definition) is 6. The number of allylic oxidation sites excluding steroid dienone is 8. The number of quaternary nitrogens is 1. The second-order valence-electron chi connectivity index (χ2n) is 14.3. The monoisotopic (exact) mass is 721 g/mol. The van der Waals surface area contributed by atoms with Crippen molar-refractivity contribution in [2.24, 2.45) is 0 Å². The van der Waals surface area contributed by atoms with Crippen molar-refractivity contribution in [1.29, 1.82) is 0 Å². The third kappa shape index (κ3) is 11.3. The summed E-state index contributed by atoms with van der Waals surface area (Å²) >= 11 is 0. The number of ketones is 2. The molecule has 0 bridgehead atoms. The molecule has 1 aromatic carbocycles. The van der Waals surface area contributed by atoms with Crippen LogP contribution in [0.5, 0.6) is 0 Å². The van der Waals surface area contributed by atoms with Crippen LogP contribution in [0.25, 0.3) is 5.57 Å². The summed E-state index contributed by atoms with van der Waals surface area (Å²) in [6.07, 6.45) is 20.0. The largest absolute Gasteiger partial charge is 0.481 e. The van der Waals surface area contributed by atoms with Crippen LogP contribution in [-0.2, 0) is 19.1 Å². The minimum atomic E-state index is -0.301. The number of hydrogen-bond donors (Lipinski definition) is 2. The number of benzene rings is 1. The van der Waals surface area contributed by atoms with E-state index in [4.69, 9.17) is 9.47 Å². The molecule has 53 heavy (non-hydrogen) atoms. The predicted molar refractivity (Wildman–Crippen MR) is 215 cm³/mol. The summed E-state index contributed by atoms with van der Waals surface area (Å²) in [5.41, 5.74) is 10.3. The van der Waals surface area contributed by atoms with Gasteiger partial charge in [-0.3, -0.25) is 9.59 Å². The highest BCUT2D eigenvalue weighted by atomic mass is 16.5. The minimum absolute atomic E-state index is 0.0145. The number of esters is 1. The van der Waals surface area contributed by atoms with Gasteiger partial charge in [-0.1, -0.05) is 76.3 Å². The molecule has 0 spiro atoms. The van der Waals surface area contributed by atoms with Gasteiger partial charge in [0.2, 0.25) is 0 Å². The van der Waals surface area contributed by atoms with Crippen LogP contribution in [0.15, 0.2) is 112 Å². The van der Waals surface area contributed by atoms with Gasteiger partial charge in [0.05, 0.1) is 18.7 Å². The number of unbranched alkanes of at least 4 members (excludes halogenated alkanes) is 7. The fraction of sp³-hybridized carbons (Fsp3) is 0.457. The molecule has 0 radical (unpaired) electrons. The van der Waals surface area contributed by atoms with Crippen LogP contribution >= 0.6 is 0 Å². The van der Waals surface area contributed by atoms with Gasteiger partial charge in [0.25, 0.3) is 0 Å². The summed E-state index contributed by atoms with van der Waals surface area (Å²) in [5.74, 6) is 0.395. The topological polar surface area (TPSA) is 98.3 Å². The van der Waals surface area contributed by atoms with E-state index in [1.54, 1.807) is 6.92 Å². The third-order valence-corrected chi connectivity index (χ3v) is 10.0. The van der Waals surface area contributed by atoms with Crippen LogP contribution in [0.1, 0.15) is 128 Å². The Labute approximate surface area is 317 Å². The van der Waals surface area contributed by atoms with E-state index in [0.29, 0.717) is 36.2 Å². The highest BCUT2D eigenvalue weighted by Gasteiger charge is 2.35. The SMILES string of the molecule is C=C(C)C(=O)/C(=C\C(=O)CC)CCCCCCCCCCOC(=O)c1ccccc1C1=C2C=C(C)C([NH2+]CC)=CC2OC2=CC(NCC)=C(C)CC=C21. The first kappa shape index (κ1) is 41.3. The van der Waals surface area contributed by atoms with Gasteiger partial charge in [-0.25, -0.2) is 4.79 Å². The maximum Gasteiger partial charge on any atom is 0.338 e. The average Bonchev–Trinajstić information content (AvgIpc) is 3.30. The number of carbonyl (C=O) groups excluding carboxylic acids is 3. The van der Waals surface area contributed by atoms with E-state index < -0.39 is 0 Å². The molecule has 0 amide bonds. The molecule has 0 fully saturated rings. The van der Waals surface area contributed by atoms with Crippen LogP contribution in [0.3, 0.4) is 0 Å². The summed E-state index contributed by atoms with van der Waals surface area (Å²) in [7, 11) is 0. The highest BCUT2D eigenvalue weighted by molar-refractivity contribution is 6.10. The molecule has 1 heterocycles. The Morgan fingerprint density at radius 1 is 0.981 bits per heavy atom. The van der Waals surface area contributed by atoms with Crippen LogP contribution in [-0.4, -0.2) is 43.3 Å². The molecular weight excluding hydrogens is 661 g/mol. The number of nitrogens with two attached hydrogens (primary N) is 1. The molecule has 3 aliphatic rings. The van der Waals surface area contributed by atoms with E-state index in [1.165, 1.54) is 22.9 Å². The van der Waals surface area contributed by atoms with Gasteiger partial charge in [0, 0.05) is 58.7 Å². The fourth-order valence-corrected chi connectivity index (χ4v) is 7.07. The Morgan fingerprint density at radius 2 is 1.68 bits per heavy atom. The Morgan fingerprint density at radius 3 is 2.36 bits per heavy atom. The number of fused-ring (bicyclic) bond motifs is 2. The summed E-state index contributed by atoms with van der Waals surface area (Å²) < 4.78 is 12.6. The lowest BCUT2D eigenvalue weighted by Gasteiger charge is -2.33. The van der Waals surface area contributed by atoms with E-state index in [1.807, 2.05) is 31.2 Å². The van der Waals surface area contributed by atoms with Gasteiger partial charge in [0.15, 0.2) is 11.6 Å². The van der Waals surface area contributed by atoms with Gasteiger partial charge in [-0.05, 0) is 95.2 Å². The van der Waals surface area contributed by atoms with Crippen LogP contribution in [0.4, 0.5) is 0 Å². The van der Waals surface area contributed by atoms with Crippen molar-refractivity contribution < 1.29 is 29.2 Å². The predicted octanol–water partition coefficient (Wildman–Crippen LogP) is 9.08. The lowest BCUT2D eigenvalue weighted by atomic mass is 9.81. The number of likely N-dealkylation sites (N-methyl/N-ethyl adjacent to an activating group) is 2. The molecule has 1 aromatic rings. The van der Waals surface area contributed by atoms with Crippen molar-refractivity contribution >= 4 is 23.1 Å². The Kier molecular flexibility index (Phi) is 16.1. The fourth-order valence-electron chi connectivity index (χ4n) is 7.07. The lowest BCUT2D eigenvalue weighted by Crippen LogP contribution is -2.82. The van der Waals surface area contributed by atoms with Gasteiger partial charge in [-0.15, -0.1) is 0 Å². The molecule has 284 valence electrons. The summed E-state index contributed by atoms with van der Waals surface area (Å²) in [6.45, 7) is 17.9. The normalized spacial score (nSPS) is 17.0. The molecule has 2 aliphatic carbocycles. The molecule has 1 aliphatic heterocycles. The molecule has 3 N–H and O–H groups in total. The molecule has 0 saturated carbocycles. The van der Waals surface area contributed by atoms with Gasteiger partial charge in [-0.2, -0.15) is 0 Å². The standard InChI is InChI=1S/C46H60N2O5/c1-8-35(49)28-34(45(50)31(4)5)21-17-15-13-11-12-14-16-20-26-52-46(51)37-23-19-18-22-36(37)44-38-25-24-32(6)40(47-9-2)29-42(38)53-43-30-41(48-10-3)33(7)27-39(43)44/h18-19,22-23,25,27-30,43,47-48H,4,8-17,20-21,24,26H2,1-3,5-7H3/p+1/b34-28-. The highest BCUT2D eigenvalue weighted by Crippen LogP contribution is 2.45. The van der Waals surface area contributed by atoms with Crippen molar-refractivity contribution in [2.45, 2.75) is 118 Å². The smallest absolute Gasteiger partial charge is 0.338 e. The molecule has 7 nitrogen and oxygen atoms in total. The Hall–Kier alpha value is -4.49. The summed E-state index contributed by atoms with van der Waals surface area (Å²) in [4.78, 5) is 38.0. The van der Waals surface area contributed by atoms with Crippen LogP contribution in [0.2, 0.25) is 0 Å². The van der Waals surface area contributed by atoms with Gasteiger partial charge in [0.1, 0.15) is 17.6 Å². The maximum atomic E-state index is 13.7. The quantitative estimate of drug-likeness (QED) is 0.0747. The van der Waals surface area contributed by atoms with Gasteiger partial charge >= 0.3 is 5.97 Å². The molecule has 1 unspecified atom stereocenters. The lowest BCUT2D eigenvalue weighted by molar-refractivity contribution is -0.600. The maximum absolute atomic E-state index is 13.7. The van der Waals surface area contributed by atoms with Crippen molar-refractivity contribution in [3.63, 3.8) is 0 Å². The number of carbonyl (C=O) groups is 3. The van der Waals surface area contributed by atoms with Crippen LogP contribution < -0.4 is 10.6 Å². The van der Waals surface area contributed by atoms with Crippen LogP contribution in [0, 0.1) is 0 Å². The van der Waals surface area contributed by atoms with E-state index in [0.717, 1.165) is 105 Å². The Bertz CT molecular complexity index is 1760. The zero-order valence-electron chi connectivity index (χ0n) is 33.0. The molecule has 0 saturated heterocycles. The number of nitrogens with one attached hydrogen (secondary N) is 1. The molecule has 7 heteroatoms. The third-order valence-electron chi connectivity index (χ3n) is 10.0. The minimum Gasteiger partial charge on any atom is -0.481 e. The average molecular weight is 722 g/mol. The van der Waals surface area contributed by atoms with E-state index in [2.05, 4.69) is 69.2 Å². The van der Waals surface area contributed by atoms with Crippen molar-refractivity contribution in [1.82, 2.24) is 5.32 Å². The number of rotatable bonds is 21. The number of ether oxygens (including phenoxy) is 2.